The van der Waals surface area contributed by atoms with Gasteiger partial charge in [0.05, 0.1) is 11.4 Å². The molecular weight excluding hydrogens is 362 g/mol. The first-order valence-electron chi connectivity index (χ1n) is 9.00. The van der Waals surface area contributed by atoms with Crippen molar-refractivity contribution >= 4 is 27.3 Å². The van der Waals surface area contributed by atoms with Crippen LogP contribution in [0.15, 0.2) is 47.4 Å². The Morgan fingerprint density at radius 1 is 1.26 bits per heavy atom. The number of anilines is 2. The van der Waals surface area contributed by atoms with Crippen molar-refractivity contribution in [3.8, 4) is 0 Å². The number of carbonyl (C=O) groups is 1. The largest absolute Gasteiger partial charge is 0.362 e. The third kappa shape index (κ3) is 3.84. The third-order valence-electron chi connectivity index (χ3n) is 5.03. The van der Waals surface area contributed by atoms with Crippen LogP contribution in [0.25, 0.3) is 0 Å². The average molecular weight is 388 g/mol. The summed E-state index contributed by atoms with van der Waals surface area (Å²) in [5.74, 6) is -0.00490. The number of hydrogen-bond acceptors (Lipinski definition) is 4. The lowest BCUT2D eigenvalue weighted by atomic mass is 10.1. The summed E-state index contributed by atoms with van der Waals surface area (Å²) in [6.07, 6.45) is 0.612. The molecule has 0 aromatic heterocycles. The van der Waals surface area contributed by atoms with Crippen molar-refractivity contribution in [2.75, 3.05) is 22.9 Å². The smallest absolute Gasteiger partial charge is 0.246 e. The summed E-state index contributed by atoms with van der Waals surface area (Å²) in [5.41, 5.74) is 3.77. The number of sulfonamides is 1. The minimum atomic E-state index is -3.76. The molecule has 1 heterocycles. The zero-order chi connectivity index (χ0) is 19.8. The van der Waals surface area contributed by atoms with Crippen LogP contribution in [0.5, 0.6) is 0 Å². The van der Waals surface area contributed by atoms with Crippen LogP contribution in [0.3, 0.4) is 0 Å². The van der Waals surface area contributed by atoms with Gasteiger partial charge in [-0.15, -0.1) is 0 Å². The standard InChI is InChI=1S/C20H25N3O3S/c1-4-22(18-8-6-5-7-14(18)2)13-20(24)23-15(3)11-16-12-17(27(21,25)26)9-10-19(16)23/h5-10,12,15H,4,11,13H2,1-3H3,(H2,21,25,26)/t15-/m0/s1. The van der Waals surface area contributed by atoms with Crippen LogP contribution in [0, 0.1) is 6.92 Å². The lowest BCUT2D eigenvalue weighted by Crippen LogP contribution is -2.43. The number of fused-ring (bicyclic) bond motifs is 1. The van der Waals surface area contributed by atoms with Crippen molar-refractivity contribution in [2.45, 2.75) is 38.1 Å². The molecule has 2 N–H and O–H groups in total. The second-order valence-corrected chi connectivity index (χ2v) is 8.51. The molecule has 7 heteroatoms. The number of para-hydroxylation sites is 1. The van der Waals surface area contributed by atoms with E-state index in [1.165, 1.54) is 6.07 Å². The molecule has 0 unspecified atom stereocenters. The number of carbonyl (C=O) groups excluding carboxylic acids is 1. The van der Waals surface area contributed by atoms with Gasteiger partial charge < -0.3 is 9.80 Å². The van der Waals surface area contributed by atoms with Crippen LogP contribution in [0.1, 0.15) is 25.0 Å². The Balaban J connectivity index is 1.87. The van der Waals surface area contributed by atoms with Gasteiger partial charge in [-0.05, 0) is 62.6 Å². The average Bonchev–Trinajstić information content (AvgIpc) is 2.94. The van der Waals surface area contributed by atoms with Gasteiger partial charge in [-0.25, -0.2) is 13.6 Å². The molecule has 144 valence electrons. The van der Waals surface area contributed by atoms with Crippen molar-refractivity contribution in [2.24, 2.45) is 5.14 Å². The van der Waals surface area contributed by atoms with Gasteiger partial charge in [0.2, 0.25) is 15.9 Å². The van der Waals surface area contributed by atoms with Gasteiger partial charge in [0, 0.05) is 24.0 Å². The van der Waals surface area contributed by atoms with Crippen LogP contribution < -0.4 is 14.9 Å². The molecule has 0 fully saturated rings. The Bertz CT molecular complexity index is 972. The Morgan fingerprint density at radius 3 is 2.59 bits per heavy atom. The van der Waals surface area contributed by atoms with Gasteiger partial charge in [0.25, 0.3) is 0 Å². The first-order chi connectivity index (χ1) is 12.7. The minimum absolute atomic E-state index is 0.00490. The molecule has 0 saturated heterocycles. The number of nitrogens with zero attached hydrogens (tertiary/aromatic N) is 2. The van der Waals surface area contributed by atoms with Crippen molar-refractivity contribution in [3.63, 3.8) is 0 Å². The summed E-state index contributed by atoms with van der Waals surface area (Å²) < 4.78 is 23.2. The van der Waals surface area contributed by atoms with E-state index in [-0.39, 0.29) is 23.4 Å². The number of aryl methyl sites for hydroxylation is 1. The number of hydrogen-bond donors (Lipinski definition) is 1. The van der Waals surface area contributed by atoms with Crippen LogP contribution in [0.4, 0.5) is 11.4 Å². The molecule has 2 aromatic rings. The predicted molar refractivity (Wildman–Crippen MR) is 108 cm³/mol. The van der Waals surface area contributed by atoms with Gasteiger partial charge in [0.15, 0.2) is 0 Å². The molecule has 1 aliphatic heterocycles. The van der Waals surface area contributed by atoms with E-state index >= 15 is 0 Å². The normalized spacial score (nSPS) is 16.3. The van der Waals surface area contributed by atoms with E-state index in [1.807, 2.05) is 45.0 Å². The second-order valence-electron chi connectivity index (χ2n) is 6.95. The summed E-state index contributed by atoms with van der Waals surface area (Å²) in [6, 6.07) is 12.7. The molecule has 0 aliphatic carbocycles. The maximum Gasteiger partial charge on any atom is 0.246 e. The molecule has 1 amide bonds. The number of rotatable bonds is 5. The first kappa shape index (κ1) is 19.4. The maximum atomic E-state index is 13.1. The zero-order valence-corrected chi connectivity index (χ0v) is 16.7. The second kappa shape index (κ2) is 7.32. The molecule has 2 aromatic carbocycles. The van der Waals surface area contributed by atoms with Gasteiger partial charge in [-0.1, -0.05) is 18.2 Å². The molecule has 6 nitrogen and oxygen atoms in total. The number of likely N-dealkylation sites (N-methyl/N-ethyl adjacent to an activating group) is 1. The molecular formula is C20H25N3O3S. The van der Waals surface area contributed by atoms with Crippen LogP contribution in [0.2, 0.25) is 0 Å². The third-order valence-corrected chi connectivity index (χ3v) is 5.94. The zero-order valence-electron chi connectivity index (χ0n) is 15.8. The number of amides is 1. The lowest BCUT2D eigenvalue weighted by molar-refractivity contribution is -0.117. The van der Waals surface area contributed by atoms with E-state index in [9.17, 15) is 13.2 Å². The molecule has 0 bridgehead atoms. The van der Waals surface area contributed by atoms with E-state index < -0.39 is 10.0 Å². The molecule has 1 atom stereocenters. The Kier molecular flexibility index (Phi) is 5.26. The lowest BCUT2D eigenvalue weighted by Gasteiger charge is -2.29. The quantitative estimate of drug-likeness (QED) is 0.854. The summed E-state index contributed by atoms with van der Waals surface area (Å²) in [6.45, 7) is 7.02. The van der Waals surface area contributed by atoms with Crippen LogP contribution >= 0.6 is 0 Å². The number of benzene rings is 2. The fraction of sp³-hybridized carbons (Fsp3) is 0.350. The van der Waals surface area contributed by atoms with Crippen molar-refractivity contribution in [1.29, 1.82) is 0 Å². The molecule has 27 heavy (non-hydrogen) atoms. The highest BCUT2D eigenvalue weighted by Crippen LogP contribution is 2.34. The summed E-state index contributed by atoms with van der Waals surface area (Å²) in [4.78, 5) is 17.0. The molecule has 0 spiro atoms. The van der Waals surface area contributed by atoms with E-state index in [0.29, 0.717) is 6.42 Å². The van der Waals surface area contributed by atoms with E-state index in [0.717, 1.165) is 29.0 Å². The highest BCUT2D eigenvalue weighted by Gasteiger charge is 2.32. The minimum Gasteiger partial charge on any atom is -0.362 e. The fourth-order valence-corrected chi connectivity index (χ4v) is 4.25. The topological polar surface area (TPSA) is 83.7 Å². The SMILES string of the molecule is CCN(CC(=O)N1c2ccc(S(N)(=O)=O)cc2C[C@@H]1C)c1ccccc1C. The molecule has 0 radical (unpaired) electrons. The maximum absolute atomic E-state index is 13.1. The van der Waals surface area contributed by atoms with E-state index in [1.54, 1.807) is 17.0 Å². The number of nitrogens with two attached hydrogens (primary N) is 1. The highest BCUT2D eigenvalue weighted by molar-refractivity contribution is 7.89. The summed E-state index contributed by atoms with van der Waals surface area (Å²) >= 11 is 0. The van der Waals surface area contributed by atoms with Crippen LogP contribution in [-0.4, -0.2) is 33.5 Å². The van der Waals surface area contributed by atoms with Gasteiger partial charge in [-0.2, -0.15) is 0 Å². The first-order valence-corrected chi connectivity index (χ1v) is 10.6. The van der Waals surface area contributed by atoms with Crippen LogP contribution in [-0.2, 0) is 21.2 Å². The van der Waals surface area contributed by atoms with Crippen molar-refractivity contribution < 1.29 is 13.2 Å². The monoisotopic (exact) mass is 387 g/mol. The van der Waals surface area contributed by atoms with Gasteiger partial charge in [0.1, 0.15) is 0 Å². The fourth-order valence-electron chi connectivity index (χ4n) is 3.69. The molecule has 1 aliphatic rings. The molecule has 0 saturated carbocycles. The predicted octanol–water partition coefficient (Wildman–Crippen LogP) is 2.45. The molecule has 3 rings (SSSR count). The highest BCUT2D eigenvalue weighted by atomic mass is 32.2. The van der Waals surface area contributed by atoms with Crippen molar-refractivity contribution in [3.05, 3.63) is 53.6 Å². The van der Waals surface area contributed by atoms with Crippen molar-refractivity contribution in [1.82, 2.24) is 0 Å². The Hall–Kier alpha value is -2.38. The number of primary sulfonamides is 1. The summed E-state index contributed by atoms with van der Waals surface area (Å²) in [7, 11) is -3.76. The van der Waals surface area contributed by atoms with Gasteiger partial charge >= 0.3 is 0 Å². The summed E-state index contributed by atoms with van der Waals surface area (Å²) in [5, 5.41) is 5.23. The van der Waals surface area contributed by atoms with E-state index in [4.69, 9.17) is 5.14 Å². The van der Waals surface area contributed by atoms with E-state index in [2.05, 4.69) is 4.90 Å². The Labute approximate surface area is 160 Å². The van der Waals surface area contributed by atoms with Gasteiger partial charge in [-0.3, -0.25) is 4.79 Å². The Morgan fingerprint density at radius 2 is 1.96 bits per heavy atom.